The largest absolute Gasteiger partial charge is 0.460 e. The first kappa shape index (κ1) is 13.3. The van der Waals surface area contributed by atoms with Gasteiger partial charge in [0.2, 0.25) is 0 Å². The average Bonchev–Trinajstić information content (AvgIpc) is 2.79. The lowest BCUT2D eigenvalue weighted by molar-refractivity contribution is 0.498. The first-order chi connectivity index (χ1) is 8.61. The zero-order chi connectivity index (χ0) is 13.1. The number of nitrogens with one attached hydrogen (secondary N) is 1. The zero-order valence-corrected chi connectivity index (χ0v) is 12.0. The quantitative estimate of drug-likeness (QED) is 0.912. The fraction of sp³-hybridized carbons (Fsp3) is 0.286. The molecule has 96 valence electrons. The molecule has 0 aliphatic carbocycles. The van der Waals surface area contributed by atoms with Crippen molar-refractivity contribution in [3.05, 3.63) is 45.9 Å². The highest BCUT2D eigenvalue weighted by Gasteiger charge is 2.11. The van der Waals surface area contributed by atoms with Crippen molar-refractivity contribution in [1.29, 1.82) is 0 Å². The van der Waals surface area contributed by atoms with Crippen LogP contribution in [0, 0.1) is 12.7 Å². The van der Waals surface area contributed by atoms with Gasteiger partial charge in [-0.1, -0.05) is 6.92 Å². The van der Waals surface area contributed by atoms with E-state index in [0.29, 0.717) is 16.8 Å². The Kier molecular flexibility index (Phi) is 4.19. The number of halogens is 2. The van der Waals surface area contributed by atoms with Gasteiger partial charge in [0, 0.05) is 5.56 Å². The summed E-state index contributed by atoms with van der Waals surface area (Å²) < 4.78 is 19.7. The average molecular weight is 312 g/mol. The van der Waals surface area contributed by atoms with Crippen molar-refractivity contribution >= 4 is 15.9 Å². The molecule has 0 saturated heterocycles. The van der Waals surface area contributed by atoms with Crippen LogP contribution in [0.2, 0.25) is 0 Å². The van der Waals surface area contributed by atoms with E-state index in [0.717, 1.165) is 23.4 Å². The Morgan fingerprint density at radius 1 is 1.33 bits per heavy atom. The summed E-state index contributed by atoms with van der Waals surface area (Å²) >= 11 is 3.18. The molecule has 2 rings (SSSR count). The predicted octanol–water partition coefficient (Wildman–Crippen LogP) is 4.27. The second kappa shape index (κ2) is 5.67. The molecule has 0 fully saturated rings. The van der Waals surface area contributed by atoms with Gasteiger partial charge in [-0.25, -0.2) is 4.39 Å². The minimum atomic E-state index is -0.278. The number of rotatable bonds is 4. The third-order valence-corrected chi connectivity index (χ3v) is 3.35. The van der Waals surface area contributed by atoms with Gasteiger partial charge in [-0.3, -0.25) is 0 Å². The van der Waals surface area contributed by atoms with Gasteiger partial charge in [0.1, 0.15) is 17.3 Å². The van der Waals surface area contributed by atoms with Gasteiger partial charge < -0.3 is 9.73 Å². The summed E-state index contributed by atoms with van der Waals surface area (Å²) in [6.45, 7) is 5.56. The van der Waals surface area contributed by atoms with E-state index in [1.54, 1.807) is 6.07 Å². The zero-order valence-electron chi connectivity index (χ0n) is 10.4. The summed E-state index contributed by atoms with van der Waals surface area (Å²) in [6, 6.07) is 7.05. The molecule has 2 nitrogen and oxygen atoms in total. The summed E-state index contributed by atoms with van der Waals surface area (Å²) in [5.74, 6) is 1.28. The second-order valence-corrected chi connectivity index (χ2v) is 4.98. The Labute approximate surface area is 114 Å². The van der Waals surface area contributed by atoms with E-state index in [1.807, 2.05) is 26.0 Å². The van der Waals surface area contributed by atoms with E-state index in [4.69, 9.17) is 4.42 Å². The summed E-state index contributed by atoms with van der Waals surface area (Å²) in [6.07, 6.45) is 0. The molecular weight excluding hydrogens is 297 g/mol. The SMILES string of the molecule is CCNCc1ccc(-c2cc(F)c(Br)cc2C)o1. The van der Waals surface area contributed by atoms with Gasteiger partial charge in [0.05, 0.1) is 11.0 Å². The molecule has 4 heteroatoms. The standard InChI is InChI=1S/C14H15BrFNO/c1-3-17-8-10-4-5-14(18-10)11-7-13(16)12(15)6-9(11)2/h4-7,17H,3,8H2,1-2H3. The Hall–Kier alpha value is -1.13. The molecule has 1 aromatic carbocycles. The summed E-state index contributed by atoms with van der Waals surface area (Å²) in [7, 11) is 0. The van der Waals surface area contributed by atoms with Gasteiger partial charge in [-0.05, 0) is 59.2 Å². The third-order valence-electron chi connectivity index (χ3n) is 2.74. The van der Waals surface area contributed by atoms with Crippen molar-refractivity contribution in [3.8, 4) is 11.3 Å². The van der Waals surface area contributed by atoms with Gasteiger partial charge in [-0.15, -0.1) is 0 Å². The highest BCUT2D eigenvalue weighted by Crippen LogP contribution is 2.29. The smallest absolute Gasteiger partial charge is 0.138 e. The summed E-state index contributed by atoms with van der Waals surface area (Å²) in [4.78, 5) is 0. The van der Waals surface area contributed by atoms with E-state index in [-0.39, 0.29) is 5.82 Å². The number of aryl methyl sites for hydroxylation is 1. The normalized spacial score (nSPS) is 10.9. The van der Waals surface area contributed by atoms with Crippen LogP contribution in [0.5, 0.6) is 0 Å². The molecule has 1 N–H and O–H groups in total. The first-order valence-corrected chi connectivity index (χ1v) is 6.66. The number of hydrogen-bond acceptors (Lipinski definition) is 2. The maximum atomic E-state index is 13.6. The lowest BCUT2D eigenvalue weighted by atomic mass is 10.1. The van der Waals surface area contributed by atoms with E-state index >= 15 is 0 Å². The van der Waals surface area contributed by atoms with Gasteiger partial charge in [-0.2, -0.15) is 0 Å². The molecule has 18 heavy (non-hydrogen) atoms. The summed E-state index contributed by atoms with van der Waals surface area (Å²) in [5.41, 5.74) is 1.77. The Morgan fingerprint density at radius 3 is 2.83 bits per heavy atom. The predicted molar refractivity (Wildman–Crippen MR) is 73.9 cm³/mol. The monoisotopic (exact) mass is 311 g/mol. The Bertz CT molecular complexity index is 551. The van der Waals surface area contributed by atoms with Crippen molar-refractivity contribution in [2.75, 3.05) is 6.54 Å². The number of hydrogen-bond donors (Lipinski definition) is 1. The third kappa shape index (κ3) is 2.82. The van der Waals surface area contributed by atoms with Crippen molar-refractivity contribution in [2.45, 2.75) is 20.4 Å². The Balaban J connectivity index is 2.31. The maximum Gasteiger partial charge on any atom is 0.138 e. The highest BCUT2D eigenvalue weighted by atomic mass is 79.9. The highest BCUT2D eigenvalue weighted by molar-refractivity contribution is 9.10. The van der Waals surface area contributed by atoms with E-state index < -0.39 is 0 Å². The van der Waals surface area contributed by atoms with Crippen LogP contribution in [0.25, 0.3) is 11.3 Å². The van der Waals surface area contributed by atoms with Crippen LogP contribution < -0.4 is 5.32 Å². The molecule has 0 amide bonds. The van der Waals surface area contributed by atoms with Crippen LogP contribution in [-0.2, 0) is 6.54 Å². The van der Waals surface area contributed by atoms with E-state index in [1.165, 1.54) is 6.07 Å². The lowest BCUT2D eigenvalue weighted by Crippen LogP contribution is -2.10. The lowest BCUT2D eigenvalue weighted by Gasteiger charge is -2.05. The maximum absolute atomic E-state index is 13.6. The number of benzene rings is 1. The number of furan rings is 1. The van der Waals surface area contributed by atoms with Crippen molar-refractivity contribution in [2.24, 2.45) is 0 Å². The van der Waals surface area contributed by atoms with Gasteiger partial charge >= 0.3 is 0 Å². The van der Waals surface area contributed by atoms with Crippen molar-refractivity contribution < 1.29 is 8.81 Å². The fourth-order valence-corrected chi connectivity index (χ4v) is 2.24. The molecule has 1 heterocycles. The Morgan fingerprint density at radius 2 is 2.11 bits per heavy atom. The van der Waals surface area contributed by atoms with Gasteiger partial charge in [0.15, 0.2) is 0 Å². The van der Waals surface area contributed by atoms with Crippen LogP contribution in [0.1, 0.15) is 18.2 Å². The molecule has 0 aliphatic rings. The van der Waals surface area contributed by atoms with Crippen LogP contribution in [0.4, 0.5) is 4.39 Å². The van der Waals surface area contributed by atoms with Crippen LogP contribution in [0.3, 0.4) is 0 Å². The van der Waals surface area contributed by atoms with E-state index in [2.05, 4.69) is 21.2 Å². The van der Waals surface area contributed by atoms with E-state index in [9.17, 15) is 4.39 Å². The molecule has 0 unspecified atom stereocenters. The van der Waals surface area contributed by atoms with Crippen LogP contribution >= 0.6 is 15.9 Å². The van der Waals surface area contributed by atoms with Crippen LogP contribution in [0.15, 0.2) is 33.2 Å². The molecule has 0 radical (unpaired) electrons. The first-order valence-electron chi connectivity index (χ1n) is 5.87. The molecular formula is C14H15BrFNO. The topological polar surface area (TPSA) is 25.2 Å². The second-order valence-electron chi connectivity index (χ2n) is 4.13. The minimum absolute atomic E-state index is 0.278. The molecule has 0 saturated carbocycles. The van der Waals surface area contributed by atoms with Crippen molar-refractivity contribution in [1.82, 2.24) is 5.32 Å². The molecule has 0 aliphatic heterocycles. The molecule has 0 bridgehead atoms. The van der Waals surface area contributed by atoms with Crippen molar-refractivity contribution in [3.63, 3.8) is 0 Å². The minimum Gasteiger partial charge on any atom is -0.460 e. The summed E-state index contributed by atoms with van der Waals surface area (Å²) in [5, 5.41) is 3.19. The molecule has 1 aromatic heterocycles. The van der Waals surface area contributed by atoms with Crippen LogP contribution in [-0.4, -0.2) is 6.54 Å². The molecule has 0 atom stereocenters. The molecule has 2 aromatic rings. The van der Waals surface area contributed by atoms with Gasteiger partial charge in [0.25, 0.3) is 0 Å². The fourth-order valence-electron chi connectivity index (χ4n) is 1.78. The molecule has 0 spiro atoms.